The van der Waals surface area contributed by atoms with Crippen molar-refractivity contribution in [3.05, 3.63) is 106 Å². The Morgan fingerprint density at radius 3 is 2.64 bits per heavy atom. The van der Waals surface area contributed by atoms with Crippen LogP contribution in [0, 0.1) is 6.92 Å². The number of carbonyl (C=O) groups excluding carboxylic acids is 1. The van der Waals surface area contributed by atoms with Gasteiger partial charge in [-0.15, -0.1) is 11.3 Å². The van der Waals surface area contributed by atoms with E-state index in [1.165, 1.54) is 11.3 Å². The predicted molar refractivity (Wildman–Crippen MR) is 136 cm³/mol. The van der Waals surface area contributed by atoms with Crippen LogP contribution in [-0.4, -0.2) is 21.9 Å². The number of hydrogen-bond acceptors (Lipinski definition) is 4. The molecule has 0 atom stereocenters. The summed E-state index contributed by atoms with van der Waals surface area (Å²) in [6.07, 6.45) is 3.51. The number of thiophene rings is 1. The third-order valence-electron chi connectivity index (χ3n) is 5.17. The number of benzene rings is 3. The summed E-state index contributed by atoms with van der Waals surface area (Å²) in [5, 5.41) is 10.3. The first-order chi connectivity index (χ1) is 16.1. The van der Waals surface area contributed by atoms with Gasteiger partial charge in [0.05, 0.1) is 16.9 Å². The summed E-state index contributed by atoms with van der Waals surface area (Å²) in [5.74, 6) is -0.343. The zero-order valence-electron chi connectivity index (χ0n) is 17.7. The highest BCUT2D eigenvalue weighted by molar-refractivity contribution is 7.21. The van der Waals surface area contributed by atoms with Crippen LogP contribution in [0.3, 0.4) is 0 Å². The Labute approximate surface area is 200 Å². The predicted octanol–water partition coefficient (Wildman–Crippen LogP) is 6.48. The van der Waals surface area contributed by atoms with Crippen LogP contribution in [0.2, 0.25) is 5.02 Å². The van der Waals surface area contributed by atoms with E-state index in [0.29, 0.717) is 9.90 Å². The van der Waals surface area contributed by atoms with Crippen molar-refractivity contribution in [2.75, 3.05) is 0 Å². The van der Waals surface area contributed by atoms with E-state index in [4.69, 9.17) is 16.7 Å². The van der Waals surface area contributed by atoms with Crippen molar-refractivity contribution in [1.82, 2.24) is 15.2 Å². The molecule has 0 bridgehead atoms. The molecular weight excluding hydrogens is 452 g/mol. The van der Waals surface area contributed by atoms with E-state index in [-0.39, 0.29) is 5.91 Å². The smallest absolute Gasteiger partial charge is 0.266 e. The van der Waals surface area contributed by atoms with Crippen LogP contribution in [0.1, 0.15) is 20.8 Å². The van der Waals surface area contributed by atoms with Crippen molar-refractivity contribution in [3.63, 3.8) is 0 Å². The lowest BCUT2D eigenvalue weighted by molar-refractivity contribution is 0.0959. The second kappa shape index (κ2) is 9.02. The summed E-state index contributed by atoms with van der Waals surface area (Å²) in [4.78, 5) is 13.2. The van der Waals surface area contributed by atoms with Gasteiger partial charge in [-0.2, -0.15) is 10.2 Å². The molecule has 5 aromatic rings. The summed E-state index contributed by atoms with van der Waals surface area (Å²) in [6, 6.07) is 25.7. The number of aryl methyl sites for hydroxylation is 1. The van der Waals surface area contributed by atoms with Gasteiger partial charge >= 0.3 is 0 Å². The quantitative estimate of drug-likeness (QED) is 0.236. The van der Waals surface area contributed by atoms with Gasteiger partial charge in [-0.1, -0.05) is 71.8 Å². The van der Waals surface area contributed by atoms with E-state index in [1.807, 2.05) is 90.6 Å². The standard InChI is InChI=1S/C26H19ClN4OS/c1-17-8-7-9-18(14-17)24-19(16-31(30-24)20-10-3-2-4-11-20)15-28-29-26(32)25-23(27)21-12-5-6-13-22(21)33-25/h2-16H,1H3,(H,29,32)/b28-15+. The Balaban J connectivity index is 1.46. The topological polar surface area (TPSA) is 59.3 Å². The average molecular weight is 471 g/mol. The number of hydrazone groups is 1. The van der Waals surface area contributed by atoms with Crippen LogP contribution in [0.25, 0.3) is 27.0 Å². The van der Waals surface area contributed by atoms with Gasteiger partial charge in [-0.05, 0) is 31.2 Å². The minimum Gasteiger partial charge on any atom is -0.266 e. The highest BCUT2D eigenvalue weighted by atomic mass is 35.5. The molecule has 0 saturated heterocycles. The van der Waals surface area contributed by atoms with Gasteiger partial charge in [0.2, 0.25) is 0 Å². The first-order valence-electron chi connectivity index (χ1n) is 10.3. The van der Waals surface area contributed by atoms with Gasteiger partial charge in [0.15, 0.2) is 0 Å². The van der Waals surface area contributed by atoms with Crippen LogP contribution >= 0.6 is 22.9 Å². The molecule has 5 nitrogen and oxygen atoms in total. The highest BCUT2D eigenvalue weighted by Crippen LogP contribution is 2.35. The fourth-order valence-electron chi connectivity index (χ4n) is 3.58. The molecule has 0 spiro atoms. The number of carbonyl (C=O) groups is 1. The van der Waals surface area contributed by atoms with Crippen LogP contribution in [0.4, 0.5) is 0 Å². The number of nitrogens with one attached hydrogen (secondary N) is 1. The molecule has 0 aliphatic carbocycles. The minimum absolute atomic E-state index is 0.343. The van der Waals surface area contributed by atoms with Crippen molar-refractivity contribution >= 4 is 45.1 Å². The van der Waals surface area contributed by atoms with Crippen molar-refractivity contribution in [1.29, 1.82) is 0 Å². The van der Waals surface area contributed by atoms with Gasteiger partial charge in [-0.25, -0.2) is 10.1 Å². The second-order valence-corrected chi connectivity index (χ2v) is 8.95. The Morgan fingerprint density at radius 1 is 1.06 bits per heavy atom. The van der Waals surface area contributed by atoms with Gasteiger partial charge in [-0.3, -0.25) is 4.79 Å². The third-order valence-corrected chi connectivity index (χ3v) is 6.84. The molecule has 5 rings (SSSR count). The molecule has 0 fully saturated rings. The van der Waals surface area contributed by atoms with E-state index in [2.05, 4.69) is 16.6 Å². The highest BCUT2D eigenvalue weighted by Gasteiger charge is 2.17. The summed E-state index contributed by atoms with van der Waals surface area (Å²) < 4.78 is 2.77. The number of para-hydroxylation sites is 1. The third kappa shape index (κ3) is 4.31. The zero-order chi connectivity index (χ0) is 22.8. The Hall–Kier alpha value is -3.74. The summed E-state index contributed by atoms with van der Waals surface area (Å²) >= 11 is 7.77. The summed E-state index contributed by atoms with van der Waals surface area (Å²) in [6.45, 7) is 2.04. The lowest BCUT2D eigenvalue weighted by Gasteiger charge is -2.01. The van der Waals surface area contributed by atoms with Gasteiger partial charge in [0, 0.05) is 27.4 Å². The molecule has 0 saturated carbocycles. The number of halogens is 1. The Morgan fingerprint density at radius 2 is 1.85 bits per heavy atom. The molecule has 1 amide bonds. The Kier molecular flexibility index (Phi) is 5.77. The lowest BCUT2D eigenvalue weighted by atomic mass is 10.1. The van der Waals surface area contributed by atoms with Gasteiger partial charge in [0.25, 0.3) is 5.91 Å². The fourth-order valence-corrected chi connectivity index (χ4v) is 4.99. The molecule has 162 valence electrons. The molecule has 1 N–H and O–H groups in total. The van der Waals surface area contributed by atoms with Crippen LogP contribution < -0.4 is 5.43 Å². The molecule has 7 heteroatoms. The first kappa shape index (κ1) is 21.1. The van der Waals surface area contributed by atoms with Crippen molar-refractivity contribution < 1.29 is 4.79 Å². The number of aromatic nitrogens is 2. The average Bonchev–Trinajstić information content (AvgIpc) is 3.41. The maximum atomic E-state index is 12.7. The summed E-state index contributed by atoms with van der Waals surface area (Å²) in [5.41, 5.74) is 7.22. The summed E-state index contributed by atoms with van der Waals surface area (Å²) in [7, 11) is 0. The van der Waals surface area contributed by atoms with Crippen LogP contribution in [-0.2, 0) is 0 Å². The largest absolute Gasteiger partial charge is 0.283 e. The molecule has 0 aliphatic heterocycles. The number of rotatable bonds is 5. The lowest BCUT2D eigenvalue weighted by Crippen LogP contribution is -2.16. The van der Waals surface area contributed by atoms with E-state index in [9.17, 15) is 4.79 Å². The molecular formula is C26H19ClN4OS. The molecule has 2 heterocycles. The minimum atomic E-state index is -0.343. The van der Waals surface area contributed by atoms with Gasteiger partial charge < -0.3 is 0 Å². The van der Waals surface area contributed by atoms with E-state index < -0.39 is 0 Å². The van der Waals surface area contributed by atoms with Crippen molar-refractivity contribution in [3.8, 4) is 16.9 Å². The van der Waals surface area contributed by atoms with Crippen LogP contribution in [0.5, 0.6) is 0 Å². The number of nitrogens with zero attached hydrogens (tertiary/aromatic N) is 3. The van der Waals surface area contributed by atoms with Gasteiger partial charge in [0.1, 0.15) is 10.6 Å². The number of fused-ring (bicyclic) bond motifs is 1. The normalized spacial score (nSPS) is 11.3. The first-order valence-corrected chi connectivity index (χ1v) is 11.5. The fraction of sp³-hybridized carbons (Fsp3) is 0.0385. The molecule has 0 radical (unpaired) electrons. The van der Waals surface area contributed by atoms with Crippen molar-refractivity contribution in [2.24, 2.45) is 5.10 Å². The molecule has 0 aliphatic rings. The van der Waals surface area contributed by atoms with E-state index in [1.54, 1.807) is 6.21 Å². The van der Waals surface area contributed by atoms with Crippen LogP contribution in [0.15, 0.2) is 90.2 Å². The second-order valence-electron chi connectivity index (χ2n) is 7.52. The van der Waals surface area contributed by atoms with E-state index >= 15 is 0 Å². The SMILES string of the molecule is Cc1cccc(-c2nn(-c3ccccc3)cc2/C=N/NC(=O)c2sc3ccccc3c2Cl)c1. The monoisotopic (exact) mass is 470 g/mol. The number of hydrogen-bond donors (Lipinski definition) is 1. The van der Waals surface area contributed by atoms with E-state index in [0.717, 1.165) is 38.2 Å². The molecule has 3 aromatic carbocycles. The number of amides is 1. The van der Waals surface area contributed by atoms with Crippen molar-refractivity contribution in [2.45, 2.75) is 6.92 Å². The molecule has 33 heavy (non-hydrogen) atoms. The molecule has 2 aromatic heterocycles. The maximum Gasteiger partial charge on any atom is 0.283 e. The zero-order valence-corrected chi connectivity index (χ0v) is 19.3. The Bertz CT molecular complexity index is 1490. The molecule has 0 unspecified atom stereocenters. The maximum absolute atomic E-state index is 12.7.